The van der Waals surface area contributed by atoms with Gasteiger partial charge in [-0.2, -0.15) is 18.3 Å². The van der Waals surface area contributed by atoms with Gasteiger partial charge in [-0.05, 0) is 31.5 Å². The molecule has 0 radical (unpaired) electrons. The highest BCUT2D eigenvalue weighted by atomic mass is 19.4. The Morgan fingerprint density at radius 2 is 1.92 bits per heavy atom. The Balaban J connectivity index is 1.84. The lowest BCUT2D eigenvalue weighted by Gasteiger charge is -2.19. The summed E-state index contributed by atoms with van der Waals surface area (Å²) in [4.78, 5) is 14.2. The maximum absolute atomic E-state index is 12.7. The molecule has 2 heterocycles. The number of benzene rings is 1. The van der Waals surface area contributed by atoms with Gasteiger partial charge < -0.3 is 9.64 Å². The average Bonchev–Trinajstić information content (AvgIpc) is 3.06. The normalized spacial score (nSPS) is 13.9. The summed E-state index contributed by atoms with van der Waals surface area (Å²) in [7, 11) is 0. The summed E-state index contributed by atoms with van der Waals surface area (Å²) in [5, 5.41) is 4.36. The Bertz CT molecular complexity index is 782. The molecule has 5 nitrogen and oxygen atoms in total. The summed E-state index contributed by atoms with van der Waals surface area (Å²) in [6.45, 7) is 5.40. The largest absolute Gasteiger partial charge is 0.462 e. The Morgan fingerprint density at radius 3 is 2.52 bits per heavy atom. The van der Waals surface area contributed by atoms with Crippen LogP contribution in [0.25, 0.3) is 0 Å². The van der Waals surface area contributed by atoms with E-state index in [2.05, 4.69) is 5.10 Å². The number of aromatic nitrogens is 2. The summed E-state index contributed by atoms with van der Waals surface area (Å²) < 4.78 is 44.8. The Morgan fingerprint density at radius 1 is 1.24 bits per heavy atom. The number of carbonyl (C=O) groups is 1. The fourth-order valence-electron chi connectivity index (χ4n) is 2.98. The number of hydrogen-bond acceptors (Lipinski definition) is 4. The van der Waals surface area contributed by atoms with Gasteiger partial charge in [-0.1, -0.05) is 12.1 Å². The molecule has 0 spiro atoms. The highest BCUT2D eigenvalue weighted by Crippen LogP contribution is 2.32. The molecule has 3 rings (SSSR count). The molecule has 2 aromatic rings. The summed E-state index contributed by atoms with van der Waals surface area (Å²) in [6, 6.07) is 5.05. The highest BCUT2D eigenvalue weighted by Gasteiger charge is 2.32. The molecule has 0 N–H and O–H groups in total. The van der Waals surface area contributed by atoms with Crippen molar-refractivity contribution in [2.75, 3.05) is 18.1 Å². The molecule has 134 valence electrons. The lowest BCUT2D eigenvalue weighted by atomic mass is 10.1. The minimum Gasteiger partial charge on any atom is -0.462 e. The fourth-order valence-corrected chi connectivity index (χ4v) is 2.98. The van der Waals surface area contributed by atoms with E-state index in [9.17, 15) is 18.0 Å². The maximum Gasteiger partial charge on any atom is 0.416 e. The first kappa shape index (κ1) is 17.3. The lowest BCUT2D eigenvalue weighted by Crippen LogP contribution is -2.22. The number of fused-ring (bicyclic) bond motifs is 1. The zero-order chi connectivity index (χ0) is 18.2. The van der Waals surface area contributed by atoms with Crippen LogP contribution in [0.1, 0.15) is 34.1 Å². The average molecular weight is 353 g/mol. The van der Waals surface area contributed by atoms with Gasteiger partial charge in [0.25, 0.3) is 0 Å². The Hall–Kier alpha value is -2.51. The predicted molar refractivity (Wildman–Crippen MR) is 85.4 cm³/mol. The van der Waals surface area contributed by atoms with Gasteiger partial charge in [0.2, 0.25) is 0 Å². The Kier molecular flexibility index (Phi) is 4.45. The van der Waals surface area contributed by atoms with E-state index < -0.39 is 17.7 Å². The molecular weight excluding hydrogens is 335 g/mol. The van der Waals surface area contributed by atoms with E-state index in [4.69, 9.17) is 4.74 Å². The van der Waals surface area contributed by atoms with Crippen LogP contribution >= 0.6 is 0 Å². The maximum atomic E-state index is 12.7. The van der Waals surface area contributed by atoms with Crippen molar-refractivity contribution >= 4 is 11.8 Å². The molecular formula is C17H18F3N3O2. The molecule has 0 saturated carbocycles. The van der Waals surface area contributed by atoms with Crippen molar-refractivity contribution in [1.29, 1.82) is 0 Å². The van der Waals surface area contributed by atoms with Crippen molar-refractivity contribution in [3.8, 4) is 0 Å². The molecule has 1 aromatic heterocycles. The van der Waals surface area contributed by atoms with Crippen LogP contribution in [0, 0.1) is 6.92 Å². The van der Waals surface area contributed by atoms with Gasteiger partial charge in [0.1, 0.15) is 11.4 Å². The molecule has 0 saturated heterocycles. The summed E-state index contributed by atoms with van der Waals surface area (Å²) in [5.74, 6) is 0.233. The molecule has 1 aliphatic rings. The van der Waals surface area contributed by atoms with E-state index in [0.717, 1.165) is 17.7 Å². The topological polar surface area (TPSA) is 47.4 Å². The monoisotopic (exact) mass is 353 g/mol. The van der Waals surface area contributed by atoms with E-state index in [-0.39, 0.29) is 6.61 Å². The molecule has 25 heavy (non-hydrogen) atoms. The number of alkyl halides is 3. The van der Waals surface area contributed by atoms with Crippen molar-refractivity contribution in [1.82, 2.24) is 9.78 Å². The number of carbonyl (C=O) groups excluding carboxylic acids is 1. The first-order chi connectivity index (χ1) is 11.8. The van der Waals surface area contributed by atoms with Crippen LogP contribution < -0.4 is 4.90 Å². The van der Waals surface area contributed by atoms with Gasteiger partial charge in [0.05, 0.1) is 24.4 Å². The fraction of sp³-hybridized carbons (Fsp3) is 0.412. The van der Waals surface area contributed by atoms with E-state index in [1.807, 2.05) is 4.90 Å². The number of hydrogen-bond donors (Lipinski definition) is 0. The smallest absolute Gasteiger partial charge is 0.416 e. The second-order valence-electron chi connectivity index (χ2n) is 5.84. The number of nitrogens with zero attached hydrogens (tertiary/aromatic N) is 3. The third-order valence-corrected chi connectivity index (χ3v) is 4.12. The van der Waals surface area contributed by atoms with E-state index in [1.54, 1.807) is 18.5 Å². The molecule has 0 atom stereocenters. The van der Waals surface area contributed by atoms with Gasteiger partial charge in [-0.3, -0.25) is 0 Å². The van der Waals surface area contributed by atoms with Crippen LogP contribution in [0.15, 0.2) is 24.3 Å². The number of ether oxygens (including phenoxy) is 1. The van der Waals surface area contributed by atoms with Crippen molar-refractivity contribution < 1.29 is 22.7 Å². The third kappa shape index (κ3) is 3.33. The predicted octanol–water partition coefficient (Wildman–Crippen LogP) is 3.41. The molecule has 0 amide bonds. The van der Waals surface area contributed by atoms with Gasteiger partial charge in [0.15, 0.2) is 0 Å². The zero-order valence-electron chi connectivity index (χ0n) is 13.9. The van der Waals surface area contributed by atoms with Crippen molar-refractivity contribution in [3.05, 3.63) is 46.6 Å². The van der Waals surface area contributed by atoms with Crippen LogP contribution in [0.3, 0.4) is 0 Å². The molecule has 0 aliphatic carbocycles. The van der Waals surface area contributed by atoms with Crippen LogP contribution in [0.5, 0.6) is 0 Å². The van der Waals surface area contributed by atoms with E-state index >= 15 is 0 Å². The number of esters is 1. The molecule has 0 fully saturated rings. The number of anilines is 1. The minimum atomic E-state index is -4.35. The second-order valence-corrected chi connectivity index (χ2v) is 5.84. The van der Waals surface area contributed by atoms with E-state index in [0.29, 0.717) is 36.7 Å². The van der Waals surface area contributed by atoms with Crippen molar-refractivity contribution in [2.45, 2.75) is 33.1 Å². The first-order valence-corrected chi connectivity index (χ1v) is 7.97. The highest BCUT2D eigenvalue weighted by molar-refractivity contribution is 5.96. The molecule has 8 heteroatoms. The van der Waals surface area contributed by atoms with Crippen LogP contribution in [0.2, 0.25) is 0 Å². The number of halogens is 3. The number of rotatable bonds is 4. The molecule has 1 aliphatic heterocycles. The third-order valence-electron chi connectivity index (χ3n) is 4.12. The lowest BCUT2D eigenvalue weighted by molar-refractivity contribution is -0.137. The quantitative estimate of drug-likeness (QED) is 0.791. The molecule has 0 unspecified atom stereocenters. The number of aryl methyl sites for hydroxylation is 1. The standard InChI is InChI=1S/C17H18F3N3O2/c1-3-25-16(24)14-11(2)21-23-9-8-22(15(14)23)10-12-4-6-13(7-5-12)17(18,19)20/h4-7H,3,8-10H2,1-2H3. The summed E-state index contributed by atoms with van der Waals surface area (Å²) in [5.41, 5.74) is 1.07. The van der Waals surface area contributed by atoms with Crippen LogP contribution in [-0.4, -0.2) is 28.9 Å². The zero-order valence-corrected chi connectivity index (χ0v) is 13.9. The van der Waals surface area contributed by atoms with E-state index in [1.165, 1.54) is 12.1 Å². The second kappa shape index (κ2) is 6.42. The van der Waals surface area contributed by atoms with Gasteiger partial charge in [-0.25, -0.2) is 9.48 Å². The van der Waals surface area contributed by atoms with Gasteiger partial charge >= 0.3 is 12.1 Å². The van der Waals surface area contributed by atoms with Gasteiger partial charge in [-0.15, -0.1) is 0 Å². The van der Waals surface area contributed by atoms with Crippen LogP contribution in [0.4, 0.5) is 19.0 Å². The van der Waals surface area contributed by atoms with Crippen molar-refractivity contribution in [2.24, 2.45) is 0 Å². The van der Waals surface area contributed by atoms with Gasteiger partial charge in [0, 0.05) is 13.1 Å². The Labute approximate surface area is 143 Å². The summed E-state index contributed by atoms with van der Waals surface area (Å²) in [6.07, 6.45) is -4.35. The molecule has 1 aromatic carbocycles. The summed E-state index contributed by atoms with van der Waals surface area (Å²) >= 11 is 0. The van der Waals surface area contributed by atoms with Crippen molar-refractivity contribution in [3.63, 3.8) is 0 Å². The minimum absolute atomic E-state index is 0.266. The van der Waals surface area contributed by atoms with Crippen LogP contribution in [-0.2, 0) is 24.0 Å². The first-order valence-electron chi connectivity index (χ1n) is 7.97. The molecule has 0 bridgehead atoms. The SMILES string of the molecule is CCOC(=O)c1c(C)nn2c1N(Cc1ccc(C(F)(F)F)cc1)CC2.